The van der Waals surface area contributed by atoms with Gasteiger partial charge in [0.2, 0.25) is 0 Å². The number of halogens is 4. The standard InChI is InChI=1S/C27H31Cl2F2N7O3/c1-3-40-13-22(33)41-26(21(39)12-34-10-16(9-32)18-6-7-19(29)24(31)23(18)30)27-36-14(2)37-38(27)20-8-17(28)11-35-25(20)15-4-5-15/h6-11,15,21-22,26,39H,3-5,12-13,32-33H2,1-2H3/b16-9+,34-10?/t21-,22?,26?/m0/s1. The molecule has 1 fully saturated rings. The van der Waals surface area contributed by atoms with Crippen molar-refractivity contribution < 1.29 is 23.4 Å². The molecule has 1 aromatic carbocycles. The summed E-state index contributed by atoms with van der Waals surface area (Å²) in [5, 5.41) is 15.9. The lowest BCUT2D eigenvalue weighted by Crippen LogP contribution is -2.37. The van der Waals surface area contributed by atoms with Crippen LogP contribution in [0, 0.1) is 18.6 Å². The fourth-order valence-corrected chi connectivity index (χ4v) is 4.46. The molecule has 14 heteroatoms. The van der Waals surface area contributed by atoms with Gasteiger partial charge in [-0.15, -0.1) is 0 Å². The highest BCUT2D eigenvalue weighted by atomic mass is 35.5. The maximum Gasteiger partial charge on any atom is 0.178 e. The van der Waals surface area contributed by atoms with Gasteiger partial charge in [0.15, 0.2) is 17.5 Å². The Morgan fingerprint density at radius 3 is 2.73 bits per heavy atom. The maximum atomic E-state index is 14.5. The topological polar surface area (TPSA) is 147 Å². The van der Waals surface area contributed by atoms with Gasteiger partial charge in [-0.1, -0.05) is 23.2 Å². The summed E-state index contributed by atoms with van der Waals surface area (Å²) in [7, 11) is 0. The van der Waals surface area contributed by atoms with Crippen LogP contribution >= 0.6 is 23.2 Å². The van der Waals surface area contributed by atoms with Gasteiger partial charge in [-0.3, -0.25) is 9.98 Å². The van der Waals surface area contributed by atoms with Crippen LogP contribution in [0.3, 0.4) is 0 Å². The van der Waals surface area contributed by atoms with Crippen LogP contribution in [0.25, 0.3) is 11.3 Å². The van der Waals surface area contributed by atoms with Gasteiger partial charge in [-0.05, 0) is 44.9 Å². The van der Waals surface area contributed by atoms with Gasteiger partial charge in [0.05, 0.1) is 34.6 Å². The molecule has 0 aliphatic heterocycles. The smallest absolute Gasteiger partial charge is 0.178 e. The largest absolute Gasteiger partial charge is 0.404 e. The average Bonchev–Trinajstić information content (AvgIpc) is 3.72. The molecule has 1 aliphatic rings. The SMILES string of the molecule is CCOCC(N)OC(c1nc(C)nn1-c1cc(Cl)cnc1C1CC1)[C@@H](O)CN=C/C(=C\N)c1ccc(Cl)c(F)c1F. The van der Waals surface area contributed by atoms with Gasteiger partial charge in [0.25, 0.3) is 0 Å². The monoisotopic (exact) mass is 609 g/mol. The summed E-state index contributed by atoms with van der Waals surface area (Å²) in [4.78, 5) is 13.3. The quantitative estimate of drug-likeness (QED) is 0.148. The molecule has 3 atom stereocenters. The number of rotatable bonds is 13. The first-order valence-electron chi connectivity index (χ1n) is 13.0. The predicted octanol–water partition coefficient (Wildman–Crippen LogP) is 4.24. The molecule has 3 aromatic rings. The van der Waals surface area contributed by atoms with Crippen molar-refractivity contribution in [1.29, 1.82) is 0 Å². The number of ether oxygens (including phenoxy) is 2. The Balaban J connectivity index is 1.65. The van der Waals surface area contributed by atoms with E-state index in [4.69, 9.17) is 44.1 Å². The Hall–Kier alpha value is -3.00. The van der Waals surface area contributed by atoms with Crippen LogP contribution in [0.4, 0.5) is 8.78 Å². The van der Waals surface area contributed by atoms with Crippen molar-refractivity contribution in [3.63, 3.8) is 0 Å². The fourth-order valence-electron chi connectivity index (χ4n) is 4.16. The number of benzene rings is 1. The highest BCUT2D eigenvalue weighted by molar-refractivity contribution is 6.31. The van der Waals surface area contributed by atoms with Crippen LogP contribution in [-0.4, -0.2) is 63.2 Å². The zero-order valence-electron chi connectivity index (χ0n) is 22.5. The summed E-state index contributed by atoms with van der Waals surface area (Å²) < 4.78 is 41.4. The molecule has 0 bridgehead atoms. The van der Waals surface area contributed by atoms with Crippen molar-refractivity contribution >= 4 is 35.0 Å². The molecule has 41 heavy (non-hydrogen) atoms. The zero-order valence-corrected chi connectivity index (χ0v) is 24.0. The second-order valence-electron chi connectivity index (χ2n) is 9.42. The van der Waals surface area contributed by atoms with Crippen LogP contribution in [0.1, 0.15) is 54.7 Å². The van der Waals surface area contributed by atoms with E-state index < -0.39 is 30.1 Å². The van der Waals surface area contributed by atoms with Crippen molar-refractivity contribution in [2.75, 3.05) is 19.8 Å². The molecule has 0 radical (unpaired) electrons. The number of nitrogens with two attached hydrogens (primary N) is 2. The highest BCUT2D eigenvalue weighted by Gasteiger charge is 2.34. The van der Waals surface area contributed by atoms with E-state index in [2.05, 4.69) is 20.1 Å². The van der Waals surface area contributed by atoms with Crippen LogP contribution < -0.4 is 11.5 Å². The predicted molar refractivity (Wildman–Crippen MR) is 152 cm³/mol. The van der Waals surface area contributed by atoms with Crippen molar-refractivity contribution in [2.45, 2.75) is 51.0 Å². The molecule has 0 amide bonds. The Labute approximate surface area is 246 Å². The van der Waals surface area contributed by atoms with E-state index in [-0.39, 0.29) is 41.1 Å². The van der Waals surface area contributed by atoms with E-state index in [0.29, 0.717) is 23.1 Å². The Kier molecular flexibility index (Phi) is 10.4. The number of pyridine rings is 1. The third kappa shape index (κ3) is 7.45. The Morgan fingerprint density at radius 1 is 1.29 bits per heavy atom. The van der Waals surface area contributed by atoms with E-state index in [1.165, 1.54) is 18.3 Å². The molecular weight excluding hydrogens is 579 g/mol. The van der Waals surface area contributed by atoms with Crippen LogP contribution in [0.2, 0.25) is 10.0 Å². The first-order valence-corrected chi connectivity index (χ1v) is 13.7. The third-order valence-corrected chi connectivity index (χ3v) is 6.75. The molecule has 4 rings (SSSR count). The van der Waals surface area contributed by atoms with Crippen molar-refractivity contribution in [1.82, 2.24) is 19.7 Å². The van der Waals surface area contributed by atoms with E-state index in [1.54, 1.807) is 23.9 Å². The molecule has 2 unspecified atom stereocenters. The Morgan fingerprint density at radius 2 is 2.05 bits per heavy atom. The second-order valence-corrected chi connectivity index (χ2v) is 10.3. The number of aliphatic hydroxyl groups excluding tert-OH is 1. The molecule has 220 valence electrons. The first-order chi connectivity index (χ1) is 19.6. The van der Waals surface area contributed by atoms with E-state index in [1.807, 2.05) is 6.92 Å². The molecule has 1 aliphatic carbocycles. The highest BCUT2D eigenvalue weighted by Crippen LogP contribution is 2.42. The molecule has 0 saturated heterocycles. The lowest BCUT2D eigenvalue weighted by Gasteiger charge is -2.25. The van der Waals surface area contributed by atoms with Crippen LogP contribution in [0.15, 0.2) is 35.6 Å². The third-order valence-electron chi connectivity index (χ3n) is 6.25. The van der Waals surface area contributed by atoms with Crippen LogP contribution in [-0.2, 0) is 9.47 Å². The molecule has 2 aromatic heterocycles. The van der Waals surface area contributed by atoms with Crippen molar-refractivity contribution in [3.05, 3.63) is 75.2 Å². The summed E-state index contributed by atoms with van der Waals surface area (Å²) in [6, 6.07) is 4.23. The lowest BCUT2D eigenvalue weighted by atomic mass is 10.1. The number of hydrogen-bond acceptors (Lipinski definition) is 9. The number of aliphatic imine (C=N–C) groups is 1. The normalized spacial score (nSPS) is 16.3. The van der Waals surface area contributed by atoms with Crippen molar-refractivity contribution in [3.8, 4) is 5.69 Å². The van der Waals surface area contributed by atoms with E-state index >= 15 is 0 Å². The van der Waals surface area contributed by atoms with E-state index in [0.717, 1.165) is 24.7 Å². The minimum Gasteiger partial charge on any atom is -0.404 e. The minimum absolute atomic E-state index is 0.0591. The summed E-state index contributed by atoms with van der Waals surface area (Å²) in [6.45, 7) is 3.75. The van der Waals surface area contributed by atoms with Gasteiger partial charge >= 0.3 is 0 Å². The number of aliphatic hydroxyl groups is 1. The van der Waals surface area contributed by atoms with Gasteiger partial charge in [0, 0.05) is 42.3 Å². The summed E-state index contributed by atoms with van der Waals surface area (Å²) >= 11 is 11.9. The summed E-state index contributed by atoms with van der Waals surface area (Å²) in [6.07, 6.45) is 2.48. The number of allylic oxidation sites excluding steroid dienone is 1. The summed E-state index contributed by atoms with van der Waals surface area (Å²) in [5.41, 5.74) is 13.2. The lowest BCUT2D eigenvalue weighted by molar-refractivity contribution is -0.102. The van der Waals surface area contributed by atoms with Gasteiger partial charge in [-0.25, -0.2) is 18.4 Å². The van der Waals surface area contributed by atoms with Gasteiger partial charge in [0.1, 0.15) is 24.3 Å². The van der Waals surface area contributed by atoms with E-state index in [9.17, 15) is 13.9 Å². The zero-order chi connectivity index (χ0) is 29.7. The van der Waals surface area contributed by atoms with Crippen LogP contribution in [0.5, 0.6) is 0 Å². The maximum absolute atomic E-state index is 14.5. The van der Waals surface area contributed by atoms with Gasteiger partial charge in [-0.2, -0.15) is 5.10 Å². The molecule has 0 spiro atoms. The molecular formula is C27H31Cl2F2N7O3. The number of hydrogen-bond donors (Lipinski definition) is 3. The molecule has 2 heterocycles. The summed E-state index contributed by atoms with van der Waals surface area (Å²) in [5.74, 6) is -1.45. The first kappa shape index (κ1) is 30.9. The second kappa shape index (κ2) is 13.8. The fraction of sp³-hybridized carbons (Fsp3) is 0.407. The minimum atomic E-state index is -1.30. The molecule has 5 N–H and O–H groups in total. The Bertz CT molecular complexity index is 1430. The molecule has 10 nitrogen and oxygen atoms in total. The number of nitrogens with zero attached hydrogens (tertiary/aromatic N) is 5. The average molecular weight is 610 g/mol. The number of aryl methyl sites for hydroxylation is 1. The van der Waals surface area contributed by atoms with Gasteiger partial charge < -0.3 is 26.0 Å². The number of aromatic nitrogens is 4. The van der Waals surface area contributed by atoms with Crippen molar-refractivity contribution in [2.24, 2.45) is 16.5 Å². The molecule has 1 saturated carbocycles.